The van der Waals surface area contributed by atoms with Crippen LogP contribution < -0.4 is 20.3 Å². The quantitative estimate of drug-likeness (QED) is 0.208. The number of fused-ring (bicyclic) bond motifs is 1. The van der Waals surface area contributed by atoms with E-state index in [0.29, 0.717) is 36.2 Å². The smallest absolute Gasteiger partial charge is 0.387 e. The molecule has 0 atom stereocenters. The molecule has 9 nitrogen and oxygen atoms in total. The number of carbonyl (C=O) groups is 1. The van der Waals surface area contributed by atoms with E-state index in [4.69, 9.17) is 9.72 Å². The van der Waals surface area contributed by atoms with E-state index in [1.165, 1.54) is 12.1 Å². The van der Waals surface area contributed by atoms with Crippen molar-refractivity contribution in [2.24, 2.45) is 0 Å². The van der Waals surface area contributed by atoms with Gasteiger partial charge in [-0.3, -0.25) is 4.79 Å². The maximum atomic E-state index is 13.5. The fraction of sp³-hybridized carbons (Fsp3) is 0.300. The fourth-order valence-corrected chi connectivity index (χ4v) is 4.68. The van der Waals surface area contributed by atoms with Crippen molar-refractivity contribution in [2.75, 3.05) is 49.8 Å². The molecule has 2 heterocycles. The molecule has 2 N–H and O–H groups in total. The SMILES string of the molecule is C=CC(=O)Nc1cc(Nc2nccc(-c3cn(C4CC4)c4ccccc34)n2)c(OC(F)F)cc1N(C)CCN(C)C. The first-order chi connectivity index (χ1) is 19.7. The Hall–Kier alpha value is -4.51. The van der Waals surface area contributed by atoms with Crippen LogP contribution in [0.5, 0.6) is 5.75 Å². The molecule has 2 aromatic heterocycles. The predicted molar refractivity (Wildman–Crippen MR) is 158 cm³/mol. The van der Waals surface area contributed by atoms with Gasteiger partial charge < -0.3 is 29.7 Å². The normalized spacial score (nSPS) is 13.0. The first-order valence-corrected chi connectivity index (χ1v) is 13.4. The van der Waals surface area contributed by atoms with Gasteiger partial charge in [0.25, 0.3) is 0 Å². The molecule has 0 bridgehead atoms. The summed E-state index contributed by atoms with van der Waals surface area (Å²) in [5.41, 5.74) is 3.86. The summed E-state index contributed by atoms with van der Waals surface area (Å²) >= 11 is 0. The molecule has 4 aromatic rings. The predicted octanol–water partition coefficient (Wildman–Crippen LogP) is 5.90. The van der Waals surface area contributed by atoms with E-state index < -0.39 is 12.5 Å². The summed E-state index contributed by atoms with van der Waals surface area (Å²) in [7, 11) is 5.68. The van der Waals surface area contributed by atoms with E-state index in [9.17, 15) is 13.6 Å². The van der Waals surface area contributed by atoms with Gasteiger partial charge in [0.2, 0.25) is 11.9 Å². The molecule has 0 saturated heterocycles. The molecule has 0 radical (unpaired) electrons. The van der Waals surface area contributed by atoms with Gasteiger partial charge in [0.05, 0.1) is 22.8 Å². The molecule has 0 unspecified atom stereocenters. The van der Waals surface area contributed by atoms with Crippen molar-refractivity contribution >= 4 is 39.8 Å². The minimum atomic E-state index is -3.06. The number of hydrogen-bond donors (Lipinski definition) is 2. The standard InChI is InChI=1S/C30H33F2N7O2/c1-5-28(40)34-23-16-24(27(41-29(31)32)17-26(23)38(4)15-14-37(2)3)36-30-33-13-12-22(35-30)21-18-39(19-10-11-19)25-9-7-6-8-20(21)25/h5-9,12-13,16-19,29H,1,10-11,14-15H2,2-4H3,(H,34,40)(H,33,35,36). The van der Waals surface area contributed by atoms with Crippen molar-refractivity contribution in [3.63, 3.8) is 0 Å². The number of aromatic nitrogens is 3. The van der Waals surface area contributed by atoms with E-state index in [1.54, 1.807) is 6.20 Å². The monoisotopic (exact) mass is 561 g/mol. The molecule has 1 fully saturated rings. The first kappa shape index (κ1) is 28.0. The number of amides is 1. The van der Waals surface area contributed by atoms with Gasteiger partial charge in [-0.25, -0.2) is 9.97 Å². The minimum absolute atomic E-state index is 0.109. The Kier molecular flexibility index (Phi) is 8.16. The molecule has 1 saturated carbocycles. The van der Waals surface area contributed by atoms with Gasteiger partial charge in [0, 0.05) is 61.1 Å². The Morgan fingerprint density at radius 2 is 1.95 bits per heavy atom. The molecule has 2 aromatic carbocycles. The topological polar surface area (TPSA) is 87.5 Å². The highest BCUT2D eigenvalue weighted by molar-refractivity contribution is 6.02. The molecular weight excluding hydrogens is 528 g/mol. The summed E-state index contributed by atoms with van der Waals surface area (Å²) in [5, 5.41) is 6.88. The van der Waals surface area contributed by atoms with Gasteiger partial charge in [-0.05, 0) is 51.2 Å². The maximum Gasteiger partial charge on any atom is 0.387 e. The first-order valence-electron chi connectivity index (χ1n) is 13.4. The summed E-state index contributed by atoms with van der Waals surface area (Å²) in [5.74, 6) is -0.353. The number of para-hydroxylation sites is 1. The molecule has 214 valence electrons. The zero-order chi connectivity index (χ0) is 29.1. The highest BCUT2D eigenvalue weighted by Gasteiger charge is 2.26. The highest BCUT2D eigenvalue weighted by atomic mass is 19.3. The van der Waals surface area contributed by atoms with Gasteiger partial charge >= 0.3 is 6.61 Å². The number of rotatable bonds is 12. The second-order valence-corrected chi connectivity index (χ2v) is 10.3. The lowest BCUT2D eigenvalue weighted by atomic mass is 10.1. The number of benzene rings is 2. The van der Waals surface area contributed by atoms with Crippen LogP contribution in [0.3, 0.4) is 0 Å². The van der Waals surface area contributed by atoms with E-state index in [2.05, 4.69) is 45.1 Å². The highest BCUT2D eigenvalue weighted by Crippen LogP contribution is 2.42. The largest absolute Gasteiger partial charge is 0.433 e. The third kappa shape index (κ3) is 6.46. The van der Waals surface area contributed by atoms with Gasteiger partial charge in [-0.15, -0.1) is 0 Å². The van der Waals surface area contributed by atoms with Crippen molar-refractivity contribution < 1.29 is 18.3 Å². The lowest BCUT2D eigenvalue weighted by Gasteiger charge is -2.26. The van der Waals surface area contributed by atoms with Crippen LogP contribution in [-0.4, -0.2) is 66.2 Å². The minimum Gasteiger partial charge on any atom is -0.433 e. The van der Waals surface area contributed by atoms with Gasteiger partial charge in [-0.2, -0.15) is 8.78 Å². The Morgan fingerprint density at radius 1 is 1.17 bits per heavy atom. The third-order valence-electron chi connectivity index (χ3n) is 6.91. The number of likely N-dealkylation sites (N-methyl/N-ethyl adjacent to an activating group) is 2. The second kappa shape index (κ2) is 11.9. The molecule has 0 aliphatic heterocycles. The lowest BCUT2D eigenvalue weighted by Crippen LogP contribution is -2.29. The molecular formula is C30H33F2N7O2. The van der Waals surface area contributed by atoms with Crippen LogP contribution in [0.1, 0.15) is 18.9 Å². The van der Waals surface area contributed by atoms with Crippen molar-refractivity contribution in [2.45, 2.75) is 25.5 Å². The summed E-state index contributed by atoms with van der Waals surface area (Å²) in [4.78, 5) is 25.2. The molecule has 41 heavy (non-hydrogen) atoms. The van der Waals surface area contributed by atoms with Crippen molar-refractivity contribution in [1.82, 2.24) is 19.4 Å². The van der Waals surface area contributed by atoms with Crippen LogP contribution in [0.4, 0.5) is 31.8 Å². The zero-order valence-electron chi connectivity index (χ0n) is 23.3. The van der Waals surface area contributed by atoms with E-state index >= 15 is 0 Å². The number of nitrogens with one attached hydrogen (secondary N) is 2. The van der Waals surface area contributed by atoms with Crippen molar-refractivity contribution in [3.8, 4) is 17.0 Å². The summed E-state index contributed by atoms with van der Waals surface area (Å²) in [6, 6.07) is 13.5. The Morgan fingerprint density at radius 3 is 2.66 bits per heavy atom. The number of ether oxygens (including phenoxy) is 1. The third-order valence-corrected chi connectivity index (χ3v) is 6.91. The Bertz CT molecular complexity index is 1570. The van der Waals surface area contributed by atoms with Crippen LogP contribution in [0.2, 0.25) is 0 Å². The van der Waals surface area contributed by atoms with E-state index in [-0.39, 0.29) is 17.4 Å². The number of hydrogen-bond acceptors (Lipinski definition) is 7. The van der Waals surface area contributed by atoms with Crippen LogP contribution in [0.25, 0.3) is 22.2 Å². The Balaban J connectivity index is 1.53. The Labute approximate surface area is 237 Å². The van der Waals surface area contributed by atoms with Gasteiger partial charge in [0.1, 0.15) is 0 Å². The molecule has 1 aliphatic rings. The number of alkyl halides is 2. The van der Waals surface area contributed by atoms with Crippen LogP contribution >= 0.6 is 0 Å². The van der Waals surface area contributed by atoms with Crippen molar-refractivity contribution in [1.29, 1.82) is 0 Å². The van der Waals surface area contributed by atoms with E-state index in [0.717, 1.165) is 35.4 Å². The number of nitrogens with zero attached hydrogens (tertiary/aromatic N) is 5. The summed E-state index contributed by atoms with van der Waals surface area (Å²) in [6.07, 6.45) is 7.16. The molecule has 0 spiro atoms. The number of carbonyl (C=O) groups excluding carboxylic acids is 1. The van der Waals surface area contributed by atoms with E-state index in [1.807, 2.05) is 49.1 Å². The van der Waals surface area contributed by atoms with Gasteiger partial charge in [-0.1, -0.05) is 24.8 Å². The summed E-state index contributed by atoms with van der Waals surface area (Å²) in [6.45, 7) is 1.73. The zero-order valence-corrected chi connectivity index (χ0v) is 23.3. The molecule has 11 heteroatoms. The molecule has 1 amide bonds. The fourth-order valence-electron chi connectivity index (χ4n) is 4.68. The maximum absolute atomic E-state index is 13.5. The lowest BCUT2D eigenvalue weighted by molar-refractivity contribution is -0.111. The number of anilines is 4. The van der Waals surface area contributed by atoms with Crippen LogP contribution in [-0.2, 0) is 4.79 Å². The number of halogens is 2. The van der Waals surface area contributed by atoms with Gasteiger partial charge in [0.15, 0.2) is 5.75 Å². The average Bonchev–Trinajstić information content (AvgIpc) is 3.72. The molecule has 1 aliphatic carbocycles. The second-order valence-electron chi connectivity index (χ2n) is 10.3. The average molecular weight is 562 g/mol. The van der Waals surface area contributed by atoms with Crippen molar-refractivity contribution in [3.05, 3.63) is 67.5 Å². The molecule has 5 rings (SSSR count). The van der Waals surface area contributed by atoms with Crippen LogP contribution in [0.15, 0.2) is 67.5 Å². The van der Waals surface area contributed by atoms with Crippen LogP contribution in [0, 0.1) is 0 Å². The summed E-state index contributed by atoms with van der Waals surface area (Å²) < 4.78 is 34.2.